The van der Waals surface area contributed by atoms with Crippen LogP contribution in [0.5, 0.6) is 11.5 Å². The molecule has 172 valence electrons. The molecular formula is C27H26N4O3. The summed E-state index contributed by atoms with van der Waals surface area (Å²) in [4.78, 5) is 3.42. The topological polar surface area (TPSA) is 93.9 Å². The van der Waals surface area contributed by atoms with Gasteiger partial charge in [0.1, 0.15) is 18.3 Å². The van der Waals surface area contributed by atoms with Crippen molar-refractivity contribution in [1.82, 2.24) is 0 Å². The van der Waals surface area contributed by atoms with E-state index in [1.165, 1.54) is 6.08 Å². The first kappa shape index (κ1) is 24.3. The van der Waals surface area contributed by atoms with E-state index in [9.17, 15) is 0 Å². The average molecular weight is 455 g/mol. The summed E-state index contributed by atoms with van der Waals surface area (Å²) in [7, 11) is 1.56. The normalized spacial score (nSPS) is 10.6. The maximum atomic E-state index is 8.80. The number of ether oxygens (including phenoxy) is 3. The number of nitriles is 1. The molecule has 0 aliphatic carbocycles. The first-order chi connectivity index (χ1) is 16.4. The van der Waals surface area contributed by atoms with Crippen molar-refractivity contribution in [3.05, 3.63) is 88.3 Å². The second-order valence-electron chi connectivity index (χ2n) is 7.63. The van der Waals surface area contributed by atoms with Gasteiger partial charge in [-0.3, -0.25) is 0 Å². The van der Waals surface area contributed by atoms with E-state index in [0.29, 0.717) is 22.8 Å². The monoisotopic (exact) mass is 454 g/mol. The number of nitrogens with one attached hydrogen (secondary N) is 1. The summed E-state index contributed by atoms with van der Waals surface area (Å²) >= 11 is 0. The molecule has 3 rings (SSSR count). The number of nitrogen functional groups attached to an aromatic ring is 1. The van der Waals surface area contributed by atoms with Gasteiger partial charge in [-0.05, 0) is 66.9 Å². The van der Waals surface area contributed by atoms with Crippen molar-refractivity contribution in [2.45, 2.75) is 20.5 Å². The summed E-state index contributed by atoms with van der Waals surface area (Å²) in [5.74, 6) is 1.32. The largest absolute Gasteiger partial charge is 0.456 e. The molecule has 3 aromatic rings. The molecule has 0 aliphatic heterocycles. The number of methoxy groups -OCH3 is 1. The Kier molecular flexibility index (Phi) is 8.26. The Morgan fingerprint density at radius 1 is 1.12 bits per heavy atom. The van der Waals surface area contributed by atoms with Crippen molar-refractivity contribution in [2.75, 3.05) is 25.0 Å². The van der Waals surface area contributed by atoms with E-state index in [1.54, 1.807) is 25.3 Å². The Labute approximate surface area is 199 Å². The molecule has 7 nitrogen and oxygen atoms in total. The van der Waals surface area contributed by atoms with Gasteiger partial charge in [0.25, 0.3) is 0 Å². The van der Waals surface area contributed by atoms with Crippen LogP contribution >= 0.6 is 0 Å². The van der Waals surface area contributed by atoms with Crippen molar-refractivity contribution in [3.8, 4) is 17.6 Å². The third kappa shape index (κ3) is 6.14. The Morgan fingerprint density at radius 2 is 1.82 bits per heavy atom. The quantitative estimate of drug-likeness (QED) is 0.124. The molecule has 0 atom stereocenters. The van der Waals surface area contributed by atoms with E-state index in [0.717, 1.165) is 33.7 Å². The van der Waals surface area contributed by atoms with Gasteiger partial charge in [-0.2, -0.15) is 5.26 Å². The number of anilines is 3. The Bertz CT molecular complexity index is 1250. The molecule has 0 aliphatic rings. The molecule has 3 aromatic carbocycles. The number of benzene rings is 3. The van der Waals surface area contributed by atoms with Crippen LogP contribution in [0.15, 0.2) is 54.6 Å². The van der Waals surface area contributed by atoms with E-state index in [1.807, 2.05) is 56.3 Å². The van der Waals surface area contributed by atoms with Crippen LogP contribution in [0, 0.1) is 31.8 Å². The fourth-order valence-electron chi connectivity index (χ4n) is 3.45. The van der Waals surface area contributed by atoms with E-state index in [2.05, 4.69) is 10.2 Å². The molecule has 7 heteroatoms. The van der Waals surface area contributed by atoms with Gasteiger partial charge in [0, 0.05) is 30.5 Å². The van der Waals surface area contributed by atoms with Gasteiger partial charge in [-0.1, -0.05) is 12.1 Å². The van der Waals surface area contributed by atoms with E-state index in [-0.39, 0.29) is 13.4 Å². The second kappa shape index (κ2) is 11.5. The van der Waals surface area contributed by atoms with Crippen LogP contribution in [0.3, 0.4) is 0 Å². The lowest BCUT2D eigenvalue weighted by atomic mass is 10.0. The van der Waals surface area contributed by atoms with Gasteiger partial charge in [0.15, 0.2) is 5.69 Å². The highest BCUT2D eigenvalue weighted by atomic mass is 16.7. The number of aryl methyl sites for hydroxylation is 2. The van der Waals surface area contributed by atoms with Crippen LogP contribution < -0.4 is 15.8 Å². The molecule has 0 heterocycles. The van der Waals surface area contributed by atoms with Crippen molar-refractivity contribution >= 4 is 28.8 Å². The Morgan fingerprint density at radius 3 is 2.44 bits per heavy atom. The van der Waals surface area contributed by atoms with Crippen LogP contribution in [0.1, 0.15) is 22.3 Å². The lowest BCUT2D eigenvalue weighted by Gasteiger charge is -2.19. The molecular weight excluding hydrogens is 428 g/mol. The molecule has 34 heavy (non-hydrogen) atoms. The van der Waals surface area contributed by atoms with Crippen LogP contribution in [-0.2, 0) is 16.1 Å². The Balaban J connectivity index is 1.97. The molecule has 0 fully saturated rings. The molecule has 0 aromatic heterocycles. The lowest BCUT2D eigenvalue weighted by Crippen LogP contribution is -2.04. The van der Waals surface area contributed by atoms with E-state index in [4.69, 9.17) is 31.8 Å². The zero-order valence-electron chi connectivity index (χ0n) is 19.4. The summed E-state index contributed by atoms with van der Waals surface area (Å²) in [6, 6.07) is 16.7. The Hall–Kier alpha value is -4.30. The third-order valence-electron chi connectivity index (χ3n) is 5.01. The van der Waals surface area contributed by atoms with Crippen molar-refractivity contribution in [2.24, 2.45) is 0 Å². The number of nitrogens with two attached hydrogens (primary N) is 1. The van der Waals surface area contributed by atoms with Crippen LogP contribution in [0.2, 0.25) is 0 Å². The maximum Gasteiger partial charge on any atom is 0.187 e. The van der Waals surface area contributed by atoms with Gasteiger partial charge in [0.2, 0.25) is 0 Å². The van der Waals surface area contributed by atoms with Gasteiger partial charge in [-0.25, -0.2) is 4.85 Å². The van der Waals surface area contributed by atoms with Crippen molar-refractivity contribution < 1.29 is 14.2 Å². The number of allylic oxidation sites excluding steroid dienone is 1. The number of hydrogen-bond donors (Lipinski definition) is 2. The standard InChI is InChI=1S/C27H26N4O3/c1-18-12-20(6-5-11-28)13-19(2)27(18)34-26-15-25(24(29)14-21(26)16-33-17-32-4)31-23-9-7-22(30-3)8-10-23/h5-10,12-15,31H,16-17,29H2,1-2,4H3/b6-5+. The number of hydrogen-bond acceptors (Lipinski definition) is 6. The fourth-order valence-corrected chi connectivity index (χ4v) is 3.45. The number of nitrogens with zero attached hydrogens (tertiary/aromatic N) is 2. The minimum Gasteiger partial charge on any atom is -0.456 e. The lowest BCUT2D eigenvalue weighted by molar-refractivity contribution is -0.0394. The first-order valence-corrected chi connectivity index (χ1v) is 10.5. The van der Waals surface area contributed by atoms with Crippen molar-refractivity contribution in [1.29, 1.82) is 5.26 Å². The van der Waals surface area contributed by atoms with Gasteiger partial charge >= 0.3 is 0 Å². The van der Waals surface area contributed by atoms with Gasteiger partial charge in [0.05, 0.1) is 30.6 Å². The van der Waals surface area contributed by atoms with E-state index >= 15 is 0 Å². The van der Waals surface area contributed by atoms with Gasteiger partial charge in [-0.15, -0.1) is 0 Å². The summed E-state index contributed by atoms with van der Waals surface area (Å²) < 4.78 is 16.9. The molecule has 0 bridgehead atoms. The second-order valence-corrected chi connectivity index (χ2v) is 7.63. The molecule has 3 N–H and O–H groups in total. The van der Waals surface area contributed by atoms with Crippen molar-refractivity contribution in [3.63, 3.8) is 0 Å². The first-order valence-electron chi connectivity index (χ1n) is 10.5. The minimum atomic E-state index is 0.144. The predicted octanol–water partition coefficient (Wildman–Crippen LogP) is 6.63. The minimum absolute atomic E-state index is 0.144. The molecule has 0 saturated heterocycles. The summed E-state index contributed by atoms with van der Waals surface area (Å²) in [6.07, 6.45) is 3.21. The van der Waals surface area contributed by atoms with Crippen LogP contribution in [0.4, 0.5) is 22.7 Å². The molecule has 0 radical (unpaired) electrons. The molecule has 0 saturated carbocycles. The summed E-state index contributed by atoms with van der Waals surface area (Å²) in [5, 5.41) is 12.1. The number of rotatable bonds is 9. The molecule has 0 unspecified atom stereocenters. The SMILES string of the molecule is [C-]#[N+]c1ccc(Nc2cc(Oc3c(C)cc(/C=C/C#N)cc3C)c(COCOC)cc2N)cc1. The zero-order valence-corrected chi connectivity index (χ0v) is 19.4. The summed E-state index contributed by atoms with van der Waals surface area (Å²) in [5.41, 5.74) is 12.5. The highest BCUT2D eigenvalue weighted by Gasteiger charge is 2.14. The molecule has 0 amide bonds. The van der Waals surface area contributed by atoms with Gasteiger partial charge < -0.3 is 25.3 Å². The average Bonchev–Trinajstić information content (AvgIpc) is 2.83. The highest BCUT2D eigenvalue weighted by Crippen LogP contribution is 2.37. The fraction of sp³-hybridized carbons (Fsp3) is 0.185. The summed E-state index contributed by atoms with van der Waals surface area (Å²) in [6.45, 7) is 11.4. The van der Waals surface area contributed by atoms with Crippen LogP contribution in [0.25, 0.3) is 10.9 Å². The predicted molar refractivity (Wildman–Crippen MR) is 134 cm³/mol. The highest BCUT2D eigenvalue weighted by molar-refractivity contribution is 5.76. The zero-order chi connectivity index (χ0) is 24.5. The smallest absolute Gasteiger partial charge is 0.187 e. The van der Waals surface area contributed by atoms with Crippen LogP contribution in [-0.4, -0.2) is 13.9 Å². The molecule has 0 spiro atoms. The van der Waals surface area contributed by atoms with E-state index < -0.39 is 0 Å². The maximum absolute atomic E-state index is 8.80. The third-order valence-corrected chi connectivity index (χ3v) is 5.01.